The number of thiophene rings is 1. The van der Waals surface area contributed by atoms with E-state index in [1.807, 2.05) is 0 Å². The Morgan fingerprint density at radius 1 is 1.48 bits per heavy atom. The average Bonchev–Trinajstić information content (AvgIpc) is 3.09. The summed E-state index contributed by atoms with van der Waals surface area (Å²) in [4.78, 5) is 4.73. The average molecular weight is 310 g/mol. The number of hydrogen-bond donors (Lipinski definition) is 0. The molecule has 3 atom stereocenters. The lowest BCUT2D eigenvalue weighted by Crippen LogP contribution is -2.42. The van der Waals surface area contributed by atoms with E-state index < -0.39 is 0 Å². The van der Waals surface area contributed by atoms with Gasteiger partial charge in [0.05, 0.1) is 12.7 Å². The molecule has 0 aromatic carbocycles. The summed E-state index contributed by atoms with van der Waals surface area (Å²) in [6.45, 7) is 4.68. The van der Waals surface area contributed by atoms with Crippen LogP contribution < -0.4 is 0 Å². The Hall–Kier alpha value is -0.460. The molecule has 0 aliphatic carbocycles. The van der Waals surface area contributed by atoms with Crippen molar-refractivity contribution < 1.29 is 9.47 Å². The smallest absolute Gasteiger partial charge is 0.100 e. The fraction of sp³-hybridized carbons (Fsp3) is 0.750. The van der Waals surface area contributed by atoms with Crippen molar-refractivity contribution in [2.75, 3.05) is 40.4 Å². The third kappa shape index (κ3) is 3.85. The number of likely N-dealkylation sites (tertiary alicyclic amines) is 1. The molecule has 118 valence electrons. The topological polar surface area (TPSA) is 24.9 Å². The van der Waals surface area contributed by atoms with Crippen molar-refractivity contribution in [2.45, 2.75) is 37.6 Å². The summed E-state index contributed by atoms with van der Waals surface area (Å²) in [5.41, 5.74) is 1.42. The van der Waals surface area contributed by atoms with Gasteiger partial charge in [0, 0.05) is 32.3 Å². The van der Waals surface area contributed by atoms with Crippen LogP contribution in [0.1, 0.15) is 18.4 Å². The molecule has 2 saturated heterocycles. The van der Waals surface area contributed by atoms with Crippen molar-refractivity contribution in [3.8, 4) is 0 Å². The normalized spacial score (nSPS) is 30.0. The molecule has 0 spiro atoms. The standard InChI is InChI=1S/C16H26N2O2S/c1-17(2)6-8-19-15-11-18(10-13-5-9-21-12-13)14-4-3-7-20-16(14)15/h5,9,12,14-16H,3-4,6-8,10-11H2,1-2H3/t14-,15+,16+/m1/s1. The molecule has 0 radical (unpaired) electrons. The second-order valence-corrected chi connectivity index (χ2v) is 7.10. The lowest BCUT2D eigenvalue weighted by Gasteiger charge is -2.32. The zero-order valence-electron chi connectivity index (χ0n) is 13.0. The minimum atomic E-state index is 0.230. The molecule has 0 saturated carbocycles. The fourth-order valence-corrected chi connectivity index (χ4v) is 4.00. The van der Waals surface area contributed by atoms with Crippen LogP contribution in [0.5, 0.6) is 0 Å². The Kier molecular flexibility index (Phi) is 5.29. The second kappa shape index (κ2) is 7.20. The maximum Gasteiger partial charge on any atom is 0.100 e. The quantitative estimate of drug-likeness (QED) is 0.803. The number of ether oxygens (including phenoxy) is 2. The first kappa shape index (κ1) is 15.4. The van der Waals surface area contributed by atoms with Gasteiger partial charge in [-0.1, -0.05) is 0 Å². The second-order valence-electron chi connectivity index (χ2n) is 6.32. The van der Waals surface area contributed by atoms with E-state index in [4.69, 9.17) is 9.47 Å². The highest BCUT2D eigenvalue weighted by Crippen LogP contribution is 2.32. The van der Waals surface area contributed by atoms with E-state index in [2.05, 4.69) is 40.7 Å². The molecule has 21 heavy (non-hydrogen) atoms. The van der Waals surface area contributed by atoms with Gasteiger partial charge in [-0.3, -0.25) is 4.90 Å². The molecule has 2 aliphatic rings. The minimum absolute atomic E-state index is 0.230. The van der Waals surface area contributed by atoms with E-state index in [1.165, 1.54) is 18.4 Å². The van der Waals surface area contributed by atoms with Crippen LogP contribution in [-0.2, 0) is 16.0 Å². The zero-order valence-corrected chi connectivity index (χ0v) is 13.8. The predicted molar refractivity (Wildman–Crippen MR) is 85.8 cm³/mol. The molecule has 1 aromatic heterocycles. The van der Waals surface area contributed by atoms with Gasteiger partial charge in [0.15, 0.2) is 0 Å². The van der Waals surface area contributed by atoms with Gasteiger partial charge in [-0.25, -0.2) is 0 Å². The van der Waals surface area contributed by atoms with Gasteiger partial charge >= 0.3 is 0 Å². The van der Waals surface area contributed by atoms with Crippen LogP contribution in [0.4, 0.5) is 0 Å². The van der Waals surface area contributed by atoms with E-state index in [0.29, 0.717) is 6.04 Å². The Labute approximate surface area is 131 Å². The first-order valence-electron chi connectivity index (χ1n) is 7.87. The van der Waals surface area contributed by atoms with Crippen molar-refractivity contribution >= 4 is 11.3 Å². The van der Waals surface area contributed by atoms with Crippen LogP contribution in [0.25, 0.3) is 0 Å². The van der Waals surface area contributed by atoms with E-state index in [-0.39, 0.29) is 12.2 Å². The molecular formula is C16H26N2O2S. The molecule has 5 heteroatoms. The highest BCUT2D eigenvalue weighted by atomic mass is 32.1. The lowest BCUT2D eigenvalue weighted by atomic mass is 10.0. The molecule has 3 rings (SSSR count). The summed E-state index contributed by atoms with van der Waals surface area (Å²) in [5, 5.41) is 4.41. The minimum Gasteiger partial charge on any atom is -0.374 e. The summed E-state index contributed by atoms with van der Waals surface area (Å²) in [6, 6.07) is 2.76. The van der Waals surface area contributed by atoms with Crippen molar-refractivity contribution in [2.24, 2.45) is 0 Å². The Morgan fingerprint density at radius 2 is 2.38 bits per heavy atom. The molecule has 0 bridgehead atoms. The number of rotatable bonds is 6. The monoisotopic (exact) mass is 310 g/mol. The fourth-order valence-electron chi connectivity index (χ4n) is 3.34. The summed E-state index contributed by atoms with van der Waals surface area (Å²) in [6.07, 6.45) is 2.90. The molecular weight excluding hydrogens is 284 g/mol. The molecule has 4 nitrogen and oxygen atoms in total. The lowest BCUT2D eigenvalue weighted by molar-refractivity contribution is -0.0787. The predicted octanol–water partition coefficient (Wildman–Crippen LogP) is 2.06. The molecule has 0 unspecified atom stereocenters. The summed E-state index contributed by atoms with van der Waals surface area (Å²) >= 11 is 1.78. The molecule has 2 fully saturated rings. The van der Waals surface area contributed by atoms with E-state index in [0.717, 1.165) is 32.8 Å². The maximum atomic E-state index is 6.13. The molecule has 3 heterocycles. The van der Waals surface area contributed by atoms with Crippen LogP contribution in [0.15, 0.2) is 16.8 Å². The Bertz CT molecular complexity index is 424. The Morgan fingerprint density at radius 3 is 3.14 bits per heavy atom. The molecule has 2 aliphatic heterocycles. The number of likely N-dealkylation sites (N-methyl/N-ethyl adjacent to an activating group) is 1. The number of nitrogens with zero attached hydrogens (tertiary/aromatic N) is 2. The number of hydrogen-bond acceptors (Lipinski definition) is 5. The van der Waals surface area contributed by atoms with Gasteiger partial charge < -0.3 is 14.4 Å². The largest absolute Gasteiger partial charge is 0.374 e. The van der Waals surface area contributed by atoms with Crippen LogP contribution in [0.3, 0.4) is 0 Å². The van der Waals surface area contributed by atoms with Gasteiger partial charge in [0.1, 0.15) is 6.10 Å². The number of fused-ring (bicyclic) bond motifs is 1. The van der Waals surface area contributed by atoms with Crippen molar-refractivity contribution in [1.29, 1.82) is 0 Å². The van der Waals surface area contributed by atoms with Crippen molar-refractivity contribution in [1.82, 2.24) is 9.80 Å². The first-order valence-corrected chi connectivity index (χ1v) is 8.81. The van der Waals surface area contributed by atoms with Crippen molar-refractivity contribution in [3.63, 3.8) is 0 Å². The molecule has 0 N–H and O–H groups in total. The summed E-state index contributed by atoms with van der Waals surface area (Å²) in [7, 11) is 4.17. The van der Waals surface area contributed by atoms with E-state index in [9.17, 15) is 0 Å². The summed E-state index contributed by atoms with van der Waals surface area (Å²) in [5.74, 6) is 0. The van der Waals surface area contributed by atoms with Gasteiger partial charge in [0.2, 0.25) is 0 Å². The molecule has 1 aromatic rings. The third-order valence-corrected chi connectivity index (χ3v) is 5.15. The zero-order chi connectivity index (χ0) is 14.7. The van der Waals surface area contributed by atoms with Crippen molar-refractivity contribution in [3.05, 3.63) is 22.4 Å². The first-order chi connectivity index (χ1) is 10.2. The SMILES string of the molecule is CN(C)CCO[C@H]1CN(Cc2ccsc2)[C@@H]2CCCO[C@H]12. The van der Waals surface area contributed by atoms with Crippen LogP contribution >= 0.6 is 11.3 Å². The van der Waals surface area contributed by atoms with Gasteiger partial charge in [-0.2, -0.15) is 11.3 Å². The van der Waals surface area contributed by atoms with E-state index >= 15 is 0 Å². The van der Waals surface area contributed by atoms with Crippen LogP contribution in [-0.4, -0.2) is 68.4 Å². The summed E-state index contributed by atoms with van der Waals surface area (Å²) < 4.78 is 12.2. The van der Waals surface area contributed by atoms with E-state index in [1.54, 1.807) is 11.3 Å². The molecule has 0 amide bonds. The van der Waals surface area contributed by atoms with Crippen LogP contribution in [0.2, 0.25) is 0 Å². The maximum absolute atomic E-state index is 6.13. The highest BCUT2D eigenvalue weighted by Gasteiger charge is 2.44. The highest BCUT2D eigenvalue weighted by molar-refractivity contribution is 7.07. The van der Waals surface area contributed by atoms with Gasteiger partial charge in [0.25, 0.3) is 0 Å². The Balaban J connectivity index is 1.60. The van der Waals surface area contributed by atoms with Gasteiger partial charge in [-0.15, -0.1) is 0 Å². The third-order valence-electron chi connectivity index (χ3n) is 4.42. The van der Waals surface area contributed by atoms with Gasteiger partial charge in [-0.05, 0) is 49.3 Å². The van der Waals surface area contributed by atoms with Crippen LogP contribution in [0, 0.1) is 0 Å².